The fourth-order valence-corrected chi connectivity index (χ4v) is 2.92. The van der Waals surface area contributed by atoms with Gasteiger partial charge >= 0.3 is 11.9 Å². The molecule has 27 heavy (non-hydrogen) atoms. The number of ketones is 1. The molecule has 1 aliphatic heterocycles. The third kappa shape index (κ3) is 4.39. The molecule has 2 aromatic rings. The van der Waals surface area contributed by atoms with Crippen LogP contribution in [-0.2, 0) is 9.53 Å². The van der Waals surface area contributed by atoms with Gasteiger partial charge in [0.1, 0.15) is 18.2 Å². The fourth-order valence-electron chi connectivity index (χ4n) is 2.92. The van der Waals surface area contributed by atoms with Crippen LogP contribution < -0.4 is 5.32 Å². The Bertz CT molecular complexity index is 849. The molecular formula is C20H19NO6. The summed E-state index contributed by atoms with van der Waals surface area (Å²) in [6.07, 6.45) is -0.0415. The molecule has 3 rings (SSSR count). The molecule has 140 valence electrons. The SMILES string of the molecule is O=C(OC[C@@]1(O)CN[C@H](C(=O)O)C1)c1ccc(C(=O)c2ccccc2)cc1. The Morgan fingerprint density at radius 3 is 2.19 bits per heavy atom. The summed E-state index contributed by atoms with van der Waals surface area (Å²) in [7, 11) is 0. The predicted octanol–water partition coefficient (Wildman–Crippen LogP) is 1.25. The first-order valence-electron chi connectivity index (χ1n) is 8.43. The van der Waals surface area contributed by atoms with Crippen molar-refractivity contribution in [3.8, 4) is 0 Å². The number of aliphatic carboxylic acids is 1. The Morgan fingerprint density at radius 2 is 1.59 bits per heavy atom. The zero-order valence-corrected chi connectivity index (χ0v) is 14.4. The zero-order chi connectivity index (χ0) is 19.4. The van der Waals surface area contributed by atoms with E-state index in [0.29, 0.717) is 11.1 Å². The first kappa shape index (κ1) is 18.8. The van der Waals surface area contributed by atoms with E-state index in [1.807, 2.05) is 6.07 Å². The standard InChI is InChI=1S/C20H19NO6/c22-17(13-4-2-1-3-5-13)14-6-8-15(9-7-14)19(25)27-12-20(26)10-16(18(23)24)21-11-20/h1-9,16,21,26H,10-12H2,(H,23,24)/t16-,20-/m0/s1. The second kappa shape index (κ2) is 7.69. The lowest BCUT2D eigenvalue weighted by Crippen LogP contribution is -2.37. The summed E-state index contributed by atoms with van der Waals surface area (Å²) in [5.74, 6) is -1.86. The van der Waals surface area contributed by atoms with Crippen molar-refractivity contribution >= 4 is 17.7 Å². The molecule has 2 atom stereocenters. The molecule has 3 N–H and O–H groups in total. The van der Waals surface area contributed by atoms with Gasteiger partial charge in [0.25, 0.3) is 0 Å². The van der Waals surface area contributed by atoms with E-state index in [1.54, 1.807) is 24.3 Å². The normalized spacial score (nSPS) is 21.6. The van der Waals surface area contributed by atoms with Gasteiger partial charge in [0, 0.05) is 24.1 Å². The lowest BCUT2D eigenvalue weighted by Gasteiger charge is -2.20. The maximum atomic E-state index is 12.4. The molecule has 0 unspecified atom stereocenters. The second-order valence-corrected chi connectivity index (χ2v) is 6.55. The number of aliphatic hydroxyl groups is 1. The number of carbonyl (C=O) groups is 3. The number of benzene rings is 2. The van der Waals surface area contributed by atoms with Crippen LogP contribution in [-0.4, -0.2) is 52.7 Å². The van der Waals surface area contributed by atoms with Crippen LogP contribution >= 0.6 is 0 Å². The molecule has 0 aromatic heterocycles. The number of carboxylic acids is 1. The number of β-amino-alcohol motifs (C(OH)–C–C–N with tert-alkyl or cyclic N) is 1. The number of nitrogens with one attached hydrogen (secondary N) is 1. The third-order valence-electron chi connectivity index (χ3n) is 4.45. The van der Waals surface area contributed by atoms with E-state index in [9.17, 15) is 19.5 Å². The topological polar surface area (TPSA) is 113 Å². The number of carboxylic acid groups (broad SMARTS) is 1. The monoisotopic (exact) mass is 369 g/mol. The molecular weight excluding hydrogens is 350 g/mol. The quantitative estimate of drug-likeness (QED) is 0.519. The minimum Gasteiger partial charge on any atom is -0.480 e. The highest BCUT2D eigenvalue weighted by atomic mass is 16.5. The van der Waals surface area contributed by atoms with Crippen molar-refractivity contribution in [1.82, 2.24) is 5.32 Å². The molecule has 0 bridgehead atoms. The molecule has 0 spiro atoms. The van der Waals surface area contributed by atoms with E-state index >= 15 is 0 Å². The Balaban J connectivity index is 1.60. The van der Waals surface area contributed by atoms with Crippen LogP contribution in [0, 0.1) is 0 Å². The molecule has 0 saturated carbocycles. The van der Waals surface area contributed by atoms with E-state index in [1.165, 1.54) is 24.3 Å². The van der Waals surface area contributed by atoms with Gasteiger partial charge in [0.05, 0.1) is 5.56 Å². The number of carbonyl (C=O) groups excluding carboxylic acids is 2. The number of hydrogen-bond acceptors (Lipinski definition) is 6. The highest BCUT2D eigenvalue weighted by Gasteiger charge is 2.41. The highest BCUT2D eigenvalue weighted by molar-refractivity contribution is 6.09. The van der Waals surface area contributed by atoms with E-state index < -0.39 is 23.6 Å². The van der Waals surface area contributed by atoms with E-state index in [4.69, 9.17) is 9.84 Å². The fraction of sp³-hybridized carbons (Fsp3) is 0.250. The Morgan fingerprint density at radius 1 is 1.00 bits per heavy atom. The summed E-state index contributed by atoms with van der Waals surface area (Å²) in [4.78, 5) is 35.4. The molecule has 1 saturated heterocycles. The van der Waals surface area contributed by atoms with Gasteiger partial charge in [-0.1, -0.05) is 42.5 Å². The van der Waals surface area contributed by atoms with Gasteiger partial charge < -0.3 is 20.3 Å². The minimum absolute atomic E-state index is 0.0295. The highest BCUT2D eigenvalue weighted by Crippen LogP contribution is 2.21. The number of ether oxygens (including phenoxy) is 1. The van der Waals surface area contributed by atoms with E-state index in [-0.39, 0.29) is 30.9 Å². The molecule has 7 heteroatoms. The number of rotatable bonds is 6. The Hall–Kier alpha value is -3.03. The molecule has 2 aromatic carbocycles. The lowest BCUT2D eigenvalue weighted by molar-refractivity contribution is -0.139. The van der Waals surface area contributed by atoms with Crippen molar-refractivity contribution < 1.29 is 29.3 Å². The van der Waals surface area contributed by atoms with Gasteiger partial charge in [-0.25, -0.2) is 4.79 Å². The van der Waals surface area contributed by atoms with Crippen LogP contribution in [0.5, 0.6) is 0 Å². The van der Waals surface area contributed by atoms with E-state index in [2.05, 4.69) is 5.32 Å². The van der Waals surface area contributed by atoms with Crippen LogP contribution in [0.15, 0.2) is 54.6 Å². The molecule has 1 fully saturated rings. The van der Waals surface area contributed by atoms with E-state index in [0.717, 1.165) is 0 Å². The predicted molar refractivity (Wildman–Crippen MR) is 95.6 cm³/mol. The second-order valence-electron chi connectivity index (χ2n) is 6.55. The summed E-state index contributed by atoms with van der Waals surface area (Å²) in [6.45, 7) is -0.283. The molecule has 0 aliphatic carbocycles. The maximum absolute atomic E-state index is 12.4. The first-order chi connectivity index (χ1) is 12.9. The van der Waals surface area contributed by atoms with Crippen LogP contribution in [0.4, 0.5) is 0 Å². The minimum atomic E-state index is -1.41. The first-order valence-corrected chi connectivity index (χ1v) is 8.43. The van der Waals surface area contributed by atoms with Crippen molar-refractivity contribution in [3.05, 3.63) is 71.3 Å². The van der Waals surface area contributed by atoms with Gasteiger partial charge in [-0.3, -0.25) is 9.59 Å². The zero-order valence-electron chi connectivity index (χ0n) is 14.4. The lowest BCUT2D eigenvalue weighted by atomic mass is 10.0. The van der Waals surface area contributed by atoms with Gasteiger partial charge in [-0.2, -0.15) is 0 Å². The smallest absolute Gasteiger partial charge is 0.338 e. The van der Waals surface area contributed by atoms with Gasteiger partial charge in [-0.05, 0) is 12.1 Å². The molecule has 0 amide bonds. The molecule has 7 nitrogen and oxygen atoms in total. The summed E-state index contributed by atoms with van der Waals surface area (Å²) in [5, 5.41) is 21.9. The Kier molecular flexibility index (Phi) is 5.34. The van der Waals surface area contributed by atoms with Crippen molar-refractivity contribution in [3.63, 3.8) is 0 Å². The summed E-state index contributed by atoms with van der Waals surface area (Å²) < 4.78 is 5.12. The summed E-state index contributed by atoms with van der Waals surface area (Å²) in [6, 6.07) is 14.0. The number of esters is 1. The maximum Gasteiger partial charge on any atom is 0.338 e. The molecule has 0 radical (unpaired) electrons. The summed E-state index contributed by atoms with van der Waals surface area (Å²) >= 11 is 0. The third-order valence-corrected chi connectivity index (χ3v) is 4.45. The summed E-state index contributed by atoms with van der Waals surface area (Å²) in [5.41, 5.74) is -0.177. The van der Waals surface area contributed by atoms with Gasteiger partial charge in [0.15, 0.2) is 5.78 Å². The van der Waals surface area contributed by atoms with Crippen LogP contribution in [0.3, 0.4) is 0 Å². The van der Waals surface area contributed by atoms with Gasteiger partial charge in [-0.15, -0.1) is 0 Å². The average molecular weight is 369 g/mol. The van der Waals surface area contributed by atoms with Crippen molar-refractivity contribution in [2.24, 2.45) is 0 Å². The van der Waals surface area contributed by atoms with Crippen LogP contribution in [0.1, 0.15) is 32.7 Å². The largest absolute Gasteiger partial charge is 0.480 e. The molecule has 1 aliphatic rings. The number of hydrogen-bond donors (Lipinski definition) is 3. The van der Waals surface area contributed by atoms with Crippen molar-refractivity contribution in [2.75, 3.05) is 13.2 Å². The van der Waals surface area contributed by atoms with Crippen LogP contribution in [0.2, 0.25) is 0 Å². The molecule has 1 heterocycles. The average Bonchev–Trinajstić information content (AvgIpc) is 3.09. The van der Waals surface area contributed by atoms with Gasteiger partial charge in [0.2, 0.25) is 0 Å². The van der Waals surface area contributed by atoms with Crippen molar-refractivity contribution in [2.45, 2.75) is 18.1 Å². The van der Waals surface area contributed by atoms with Crippen molar-refractivity contribution in [1.29, 1.82) is 0 Å². The van der Waals surface area contributed by atoms with Crippen LogP contribution in [0.25, 0.3) is 0 Å². The Labute approximate surface area is 155 Å².